The van der Waals surface area contributed by atoms with E-state index in [1.165, 1.54) is 18.2 Å². The van der Waals surface area contributed by atoms with Gasteiger partial charge in [0.15, 0.2) is 5.78 Å². The number of Topliss-reactive ketones (excluding diaryl/α,β-unsaturated/α-hetero) is 1. The van der Waals surface area contributed by atoms with Crippen molar-refractivity contribution in [2.75, 3.05) is 62.2 Å². The van der Waals surface area contributed by atoms with E-state index in [0.29, 0.717) is 37.4 Å². The minimum absolute atomic E-state index is 0.270. The number of ether oxygens (including phenoxy) is 3. The van der Waals surface area contributed by atoms with Crippen molar-refractivity contribution in [3.63, 3.8) is 0 Å². The van der Waals surface area contributed by atoms with Crippen LogP contribution in [0.2, 0.25) is 0 Å². The zero-order valence-corrected chi connectivity index (χ0v) is 32.1. The number of carbonyl (C=O) groups excluding carboxylic acids is 2. The Hall–Kier alpha value is -5.46. The Balaban J connectivity index is 0.000000230. The molecule has 0 aliphatic carbocycles. The highest BCUT2D eigenvalue weighted by Crippen LogP contribution is 2.21. The zero-order chi connectivity index (χ0) is 39.0. The van der Waals surface area contributed by atoms with Crippen molar-refractivity contribution in [3.8, 4) is 11.5 Å². The fourth-order valence-electron chi connectivity index (χ4n) is 5.90. The minimum atomic E-state index is -0.473. The smallest absolute Gasteiger partial charge is 0.337 e. The Morgan fingerprint density at radius 1 is 0.611 bits per heavy atom. The maximum atomic E-state index is 11.7. The first-order valence-corrected chi connectivity index (χ1v) is 17.7. The second kappa shape index (κ2) is 20.7. The third kappa shape index (κ3) is 11.8. The van der Waals surface area contributed by atoms with Gasteiger partial charge < -0.3 is 43.4 Å². The predicted molar refractivity (Wildman–Crippen MR) is 213 cm³/mol. The molecule has 0 radical (unpaired) electrons. The summed E-state index contributed by atoms with van der Waals surface area (Å²) in [6.07, 6.45) is 4.00. The molecule has 2 heterocycles. The van der Waals surface area contributed by atoms with Gasteiger partial charge in [0, 0.05) is 49.2 Å². The molecule has 0 bridgehead atoms. The van der Waals surface area contributed by atoms with Gasteiger partial charge in [0.05, 0.1) is 25.8 Å². The fourth-order valence-corrected chi connectivity index (χ4v) is 5.90. The standard InChI is InChI=1S/2C21H24N2O3.CH4O/c1-22(2)15-16-4-8-19(9-5-16)26-13-12-23-11-10-17-6-7-18(14-20(17)23)21(24)25-3;1-22(2)14-16-3-7-19(8-4-16)26-12-11-23-10-9-17-5-6-18(13-20(17)23)21(25)15-24;1-2/h4-11,14H,12-13,15H2,1-3H3;3-10,13,24H,11-12,14-15H2,1-2H3;2H,1H3. The number of carbonyl (C=O) groups is 2. The first kappa shape index (κ1) is 41.3. The molecule has 2 N–H and O–H groups in total. The van der Waals surface area contributed by atoms with Gasteiger partial charge in [-0.25, -0.2) is 4.79 Å². The lowest BCUT2D eigenvalue weighted by Gasteiger charge is -2.11. The molecule has 6 aromatic rings. The normalized spacial score (nSPS) is 10.9. The van der Waals surface area contributed by atoms with Crippen LogP contribution in [0.5, 0.6) is 11.5 Å². The van der Waals surface area contributed by atoms with Crippen molar-refractivity contribution < 1.29 is 34.0 Å². The monoisotopic (exact) mass is 736 g/mol. The van der Waals surface area contributed by atoms with Crippen LogP contribution in [-0.4, -0.2) is 103 Å². The number of fused-ring (bicyclic) bond motifs is 2. The number of hydrogen-bond donors (Lipinski definition) is 2. The maximum absolute atomic E-state index is 11.7. The van der Waals surface area contributed by atoms with E-state index in [0.717, 1.165) is 53.5 Å². The Morgan fingerprint density at radius 3 is 1.44 bits per heavy atom. The number of methoxy groups -OCH3 is 1. The molecule has 11 nitrogen and oxygen atoms in total. The molecule has 0 unspecified atom stereocenters. The Kier molecular flexibility index (Phi) is 15.8. The van der Waals surface area contributed by atoms with Crippen LogP contribution < -0.4 is 9.47 Å². The summed E-state index contributed by atoms with van der Waals surface area (Å²) < 4.78 is 20.6. The first-order valence-electron chi connectivity index (χ1n) is 17.7. The molecule has 0 aliphatic rings. The Bertz CT molecular complexity index is 1920. The molecular formula is C43H52N4O7. The number of esters is 1. The summed E-state index contributed by atoms with van der Waals surface area (Å²) in [6, 6.07) is 31.4. The van der Waals surface area contributed by atoms with E-state index in [2.05, 4.69) is 57.3 Å². The van der Waals surface area contributed by atoms with Crippen LogP contribution in [0.4, 0.5) is 0 Å². The number of aromatic nitrogens is 2. The number of ketones is 1. The van der Waals surface area contributed by atoms with Crippen LogP contribution in [-0.2, 0) is 30.9 Å². The molecule has 54 heavy (non-hydrogen) atoms. The van der Waals surface area contributed by atoms with Gasteiger partial charge in [-0.3, -0.25) is 4.79 Å². The molecule has 6 rings (SSSR count). The van der Waals surface area contributed by atoms with Crippen LogP contribution in [0.25, 0.3) is 21.8 Å². The van der Waals surface area contributed by atoms with Gasteiger partial charge in [-0.1, -0.05) is 42.5 Å². The number of aliphatic hydroxyl groups is 2. The van der Waals surface area contributed by atoms with Gasteiger partial charge in [0.25, 0.3) is 0 Å². The Morgan fingerprint density at radius 2 is 1.04 bits per heavy atom. The molecule has 4 aromatic carbocycles. The van der Waals surface area contributed by atoms with Crippen LogP contribution in [0.3, 0.4) is 0 Å². The summed E-state index contributed by atoms with van der Waals surface area (Å²) in [4.78, 5) is 27.7. The molecule has 0 atom stereocenters. The largest absolute Gasteiger partial charge is 0.492 e. The van der Waals surface area contributed by atoms with Crippen LogP contribution >= 0.6 is 0 Å². The van der Waals surface area contributed by atoms with Crippen LogP contribution in [0, 0.1) is 0 Å². The number of nitrogens with zero attached hydrogens (tertiary/aromatic N) is 4. The summed E-state index contributed by atoms with van der Waals surface area (Å²) in [5.74, 6) is 1.11. The third-order valence-electron chi connectivity index (χ3n) is 8.48. The van der Waals surface area contributed by atoms with E-state index < -0.39 is 6.61 Å². The van der Waals surface area contributed by atoms with E-state index in [1.54, 1.807) is 12.1 Å². The summed E-state index contributed by atoms with van der Waals surface area (Å²) in [7, 11) is 10.6. The predicted octanol–water partition coefficient (Wildman–Crippen LogP) is 6.13. The molecule has 0 amide bonds. The molecule has 11 heteroatoms. The maximum Gasteiger partial charge on any atom is 0.337 e. The Labute approximate surface area is 317 Å². The van der Waals surface area contributed by atoms with E-state index in [1.807, 2.05) is 87.2 Å². The average Bonchev–Trinajstić information content (AvgIpc) is 3.79. The highest BCUT2D eigenvalue weighted by atomic mass is 16.5. The summed E-state index contributed by atoms with van der Waals surface area (Å²) in [6.45, 7) is 3.82. The van der Waals surface area contributed by atoms with Gasteiger partial charge in [0.2, 0.25) is 0 Å². The van der Waals surface area contributed by atoms with Gasteiger partial charge in [-0.2, -0.15) is 0 Å². The number of rotatable bonds is 15. The van der Waals surface area contributed by atoms with Crippen molar-refractivity contribution in [2.24, 2.45) is 0 Å². The molecule has 0 spiro atoms. The number of aliphatic hydroxyl groups excluding tert-OH is 2. The summed E-state index contributed by atoms with van der Waals surface area (Å²) in [5, 5.41) is 18.2. The number of hydrogen-bond acceptors (Lipinski definition) is 9. The van der Waals surface area contributed by atoms with Crippen molar-refractivity contribution >= 4 is 33.6 Å². The van der Waals surface area contributed by atoms with Crippen molar-refractivity contribution in [1.82, 2.24) is 18.9 Å². The molecule has 2 aromatic heterocycles. The van der Waals surface area contributed by atoms with Gasteiger partial charge in [-0.15, -0.1) is 0 Å². The average molecular weight is 737 g/mol. The topological polar surface area (TPSA) is 119 Å². The van der Waals surface area contributed by atoms with Gasteiger partial charge >= 0.3 is 5.97 Å². The molecule has 0 saturated heterocycles. The zero-order valence-electron chi connectivity index (χ0n) is 32.1. The highest BCUT2D eigenvalue weighted by molar-refractivity contribution is 6.00. The quantitative estimate of drug-likeness (QED) is 0.0948. The summed E-state index contributed by atoms with van der Waals surface area (Å²) >= 11 is 0. The third-order valence-corrected chi connectivity index (χ3v) is 8.48. The van der Waals surface area contributed by atoms with Crippen molar-refractivity contribution in [3.05, 3.63) is 132 Å². The van der Waals surface area contributed by atoms with E-state index in [9.17, 15) is 9.59 Å². The molecule has 0 saturated carbocycles. The van der Waals surface area contributed by atoms with Crippen molar-refractivity contribution in [1.29, 1.82) is 0 Å². The van der Waals surface area contributed by atoms with Gasteiger partial charge in [-0.05, 0) is 105 Å². The summed E-state index contributed by atoms with van der Waals surface area (Å²) in [5.41, 5.74) is 5.55. The molecule has 286 valence electrons. The molecular weight excluding hydrogens is 684 g/mol. The lowest BCUT2D eigenvalue weighted by atomic mass is 10.1. The van der Waals surface area contributed by atoms with Gasteiger partial charge in [0.1, 0.15) is 31.3 Å². The van der Waals surface area contributed by atoms with E-state index in [4.69, 9.17) is 24.4 Å². The lowest BCUT2D eigenvalue weighted by Crippen LogP contribution is -2.10. The highest BCUT2D eigenvalue weighted by Gasteiger charge is 2.10. The second-order valence-corrected chi connectivity index (χ2v) is 13.1. The van der Waals surface area contributed by atoms with E-state index in [-0.39, 0.29) is 11.8 Å². The van der Waals surface area contributed by atoms with E-state index >= 15 is 0 Å². The van der Waals surface area contributed by atoms with Crippen molar-refractivity contribution in [2.45, 2.75) is 26.2 Å². The lowest BCUT2D eigenvalue weighted by molar-refractivity contribution is 0.0600. The molecule has 0 fully saturated rings. The second-order valence-electron chi connectivity index (χ2n) is 13.1. The fraction of sp³-hybridized carbons (Fsp3) is 0.302. The van der Waals surface area contributed by atoms with Crippen LogP contribution in [0.1, 0.15) is 31.8 Å². The number of benzene rings is 4. The SMILES string of the molecule is CN(C)Cc1ccc(OCCn2ccc3ccc(C(=O)CO)cc32)cc1.CO.COC(=O)c1ccc2ccn(CCOc3ccc(CN(C)C)cc3)c2c1. The van der Waals surface area contributed by atoms with Crippen LogP contribution in [0.15, 0.2) is 109 Å². The first-order chi connectivity index (χ1) is 26.1. The minimum Gasteiger partial charge on any atom is -0.492 e. The molecule has 0 aliphatic heterocycles.